The Morgan fingerprint density at radius 2 is 0.548 bits per heavy atom. The Hall–Kier alpha value is -6.90. The number of methoxy groups -OCH3 is 3. The third-order valence-corrected chi connectivity index (χ3v) is 14.4. The van der Waals surface area contributed by atoms with Gasteiger partial charge in [-0.25, -0.2) is 14.4 Å². The fourth-order valence-electron chi connectivity index (χ4n) is 9.25. The largest absolute Gasteiger partial charge is 0.494 e. The summed E-state index contributed by atoms with van der Waals surface area (Å²) in [5.74, 6) is -0.195. The number of ether oxygens (including phenoxy) is 9. The third-order valence-electron chi connectivity index (χ3n) is 14.4. The number of benzene rings is 3. The second-order valence-electron chi connectivity index (χ2n) is 21.3. The lowest BCUT2D eigenvalue weighted by molar-refractivity contribution is -0.167. The quantitative estimate of drug-likeness (QED) is 0.0225. The van der Waals surface area contributed by atoms with Gasteiger partial charge in [-0.05, 0) is 91.6 Å². The van der Waals surface area contributed by atoms with Crippen molar-refractivity contribution in [1.82, 2.24) is 0 Å². The van der Waals surface area contributed by atoms with E-state index in [1.54, 1.807) is 36.4 Å². The Balaban J connectivity index is 1.25. The summed E-state index contributed by atoms with van der Waals surface area (Å²) in [4.78, 5) is 73.6. The lowest BCUT2D eigenvalue weighted by Gasteiger charge is -2.18. The fraction of sp³-hybridized carbons (Fsp3) is 0.565. The maximum Gasteiger partial charge on any atom is 0.337 e. The lowest BCUT2D eigenvalue weighted by atomic mass is 10.1. The van der Waals surface area contributed by atoms with Crippen molar-refractivity contribution in [2.75, 3.05) is 54.4 Å². The molecule has 0 fully saturated rings. The highest BCUT2D eigenvalue weighted by atomic mass is 16.6. The van der Waals surface area contributed by atoms with E-state index < -0.39 is 30.0 Å². The van der Waals surface area contributed by atoms with Crippen molar-refractivity contribution >= 4 is 52.5 Å². The van der Waals surface area contributed by atoms with Crippen LogP contribution in [-0.2, 0) is 57.2 Å². The van der Waals surface area contributed by atoms with Crippen LogP contribution < -0.4 is 14.2 Å². The summed E-state index contributed by atoms with van der Waals surface area (Å²) in [5, 5.41) is 0. The Morgan fingerprint density at radius 3 is 0.798 bits per heavy atom. The Kier molecular flexibility index (Phi) is 38.7. The molecule has 3 rings (SSSR count). The molecule has 0 aliphatic rings. The molecular weight excluding hydrogens is 1070 g/mol. The monoisotopic (exact) mass is 1170 g/mol. The van der Waals surface area contributed by atoms with Gasteiger partial charge in [0.2, 0.25) is 0 Å². The van der Waals surface area contributed by atoms with Gasteiger partial charge >= 0.3 is 35.8 Å². The predicted octanol–water partition coefficient (Wildman–Crippen LogP) is 15.5. The molecule has 0 saturated heterocycles. The molecule has 0 bridgehead atoms. The molecule has 0 radical (unpaired) electrons. The second-order valence-corrected chi connectivity index (χ2v) is 21.3. The molecular formula is C69H98O15. The van der Waals surface area contributed by atoms with E-state index in [9.17, 15) is 28.8 Å². The van der Waals surface area contributed by atoms with E-state index in [-0.39, 0.29) is 44.4 Å². The number of hydrogen-bond donors (Lipinski definition) is 0. The van der Waals surface area contributed by atoms with Crippen LogP contribution in [0.1, 0.15) is 209 Å². The zero-order chi connectivity index (χ0) is 60.8. The molecule has 3 aromatic rings. The molecule has 15 heteroatoms. The molecule has 0 amide bonds. The van der Waals surface area contributed by atoms with E-state index in [1.165, 1.54) is 21.3 Å². The fourth-order valence-corrected chi connectivity index (χ4v) is 9.25. The zero-order valence-electron chi connectivity index (χ0n) is 51.0. The molecule has 84 heavy (non-hydrogen) atoms. The molecule has 0 N–H and O–H groups in total. The molecule has 0 aromatic heterocycles. The third kappa shape index (κ3) is 32.8. The molecule has 15 nitrogen and oxygen atoms in total. The van der Waals surface area contributed by atoms with Gasteiger partial charge in [-0.1, -0.05) is 191 Å². The maximum absolute atomic E-state index is 13.0. The van der Waals surface area contributed by atoms with Crippen LogP contribution in [0.5, 0.6) is 17.2 Å². The van der Waals surface area contributed by atoms with Gasteiger partial charge in [0.15, 0.2) is 6.10 Å². The van der Waals surface area contributed by atoms with Gasteiger partial charge in [0.25, 0.3) is 0 Å². The van der Waals surface area contributed by atoms with Crippen LogP contribution in [0, 0.1) is 0 Å². The summed E-state index contributed by atoms with van der Waals surface area (Å²) in [6.45, 7) is 12.9. The Morgan fingerprint density at radius 1 is 0.321 bits per heavy atom. The first-order valence-corrected chi connectivity index (χ1v) is 30.9. The van der Waals surface area contributed by atoms with Crippen LogP contribution in [0.2, 0.25) is 0 Å². The van der Waals surface area contributed by atoms with Gasteiger partial charge in [-0.2, -0.15) is 0 Å². The maximum atomic E-state index is 13.0. The summed E-state index contributed by atoms with van der Waals surface area (Å²) >= 11 is 0. The van der Waals surface area contributed by atoms with Crippen molar-refractivity contribution < 1.29 is 71.4 Å². The molecule has 3 aromatic carbocycles. The zero-order valence-corrected chi connectivity index (χ0v) is 51.0. The minimum absolute atomic E-state index is 0.159. The molecule has 0 saturated carbocycles. The molecule has 0 spiro atoms. The summed E-state index contributed by atoms with van der Waals surface area (Å²) in [7, 11) is 4.00. The van der Waals surface area contributed by atoms with Gasteiger partial charge in [0.05, 0.1) is 57.9 Å². The molecule has 464 valence electrons. The minimum atomic E-state index is -0.869. The first kappa shape index (κ1) is 71.4. The van der Waals surface area contributed by atoms with Crippen LogP contribution in [0.4, 0.5) is 0 Å². The molecule has 0 unspecified atom stereocenters. The van der Waals surface area contributed by atoms with E-state index in [0.717, 1.165) is 171 Å². The average molecular weight is 1170 g/mol. The number of esters is 6. The predicted molar refractivity (Wildman–Crippen MR) is 329 cm³/mol. The van der Waals surface area contributed by atoms with Crippen molar-refractivity contribution in [3.8, 4) is 17.2 Å². The molecule has 0 atom stereocenters. The Labute approximate surface area is 501 Å². The summed E-state index contributed by atoms with van der Waals surface area (Å²) < 4.78 is 48.6. The van der Waals surface area contributed by atoms with E-state index >= 15 is 0 Å². The number of unbranched alkanes of at least 4 members (excludes halogenated alkanes) is 24. The smallest absolute Gasteiger partial charge is 0.337 e. The Bertz CT molecular complexity index is 2260. The number of carbonyl (C=O) groups excluding carboxylic acids is 6. The van der Waals surface area contributed by atoms with E-state index in [0.29, 0.717) is 72.5 Å². The highest BCUT2D eigenvalue weighted by Crippen LogP contribution is 2.23. The van der Waals surface area contributed by atoms with Crippen LogP contribution >= 0.6 is 0 Å². The number of rotatable bonds is 50. The van der Waals surface area contributed by atoms with E-state index in [2.05, 4.69) is 19.7 Å². The summed E-state index contributed by atoms with van der Waals surface area (Å²) in [6.07, 6.45) is 27.5. The van der Waals surface area contributed by atoms with Crippen molar-refractivity contribution in [2.24, 2.45) is 0 Å². The van der Waals surface area contributed by atoms with E-state index in [1.807, 2.05) is 36.4 Å². The molecule has 0 aliphatic heterocycles. The van der Waals surface area contributed by atoms with Gasteiger partial charge < -0.3 is 42.6 Å². The topological polar surface area (TPSA) is 185 Å². The van der Waals surface area contributed by atoms with Gasteiger partial charge in [-0.3, -0.25) is 14.4 Å². The molecule has 0 aliphatic carbocycles. The standard InChI is InChI=1S/C69H98O15/c1-54(67(73)76-4)57-37-43-60(44-38-57)79-49-31-25-19-13-7-10-16-22-28-34-64(70)82-52-63(84-66(72)36-30-24-18-12-9-15-21-27-33-51-81-62-47-41-59(42-48-62)56(3)69(75)78-6)53-83-65(71)35-29-23-17-11-8-14-20-26-32-50-80-61-45-39-58(40-46-61)55(2)68(74)77-5/h37-48,63H,1-3,7-36,49-53H2,4-6H3. The van der Waals surface area contributed by atoms with Gasteiger partial charge in [0.1, 0.15) is 30.5 Å². The lowest BCUT2D eigenvalue weighted by Crippen LogP contribution is -2.30. The van der Waals surface area contributed by atoms with Crippen molar-refractivity contribution in [3.05, 3.63) is 109 Å². The number of carbonyl (C=O) groups is 6. The van der Waals surface area contributed by atoms with Crippen molar-refractivity contribution in [2.45, 2.75) is 199 Å². The van der Waals surface area contributed by atoms with Crippen molar-refractivity contribution in [3.63, 3.8) is 0 Å². The van der Waals surface area contributed by atoms with Crippen LogP contribution in [0.25, 0.3) is 16.7 Å². The minimum Gasteiger partial charge on any atom is -0.494 e. The highest BCUT2D eigenvalue weighted by Gasteiger charge is 2.20. The van der Waals surface area contributed by atoms with Gasteiger partial charge in [-0.15, -0.1) is 0 Å². The summed E-state index contributed by atoms with van der Waals surface area (Å²) in [6, 6.07) is 21.8. The van der Waals surface area contributed by atoms with Crippen LogP contribution in [-0.4, -0.2) is 96.3 Å². The van der Waals surface area contributed by atoms with E-state index in [4.69, 9.17) is 42.6 Å². The average Bonchev–Trinajstić information content (AvgIpc) is 3.53. The second kappa shape index (κ2) is 45.5. The van der Waals surface area contributed by atoms with Gasteiger partial charge in [0, 0.05) is 19.3 Å². The number of hydrogen-bond acceptors (Lipinski definition) is 15. The first-order chi connectivity index (χ1) is 40.8. The molecule has 0 heterocycles. The van der Waals surface area contributed by atoms with Crippen molar-refractivity contribution in [1.29, 1.82) is 0 Å². The van der Waals surface area contributed by atoms with Crippen LogP contribution in [0.3, 0.4) is 0 Å². The first-order valence-electron chi connectivity index (χ1n) is 30.9. The SMILES string of the molecule is C=C(C(=O)OC)c1ccc(OCCCCCCCCCCCC(=O)OCC(COC(=O)CCCCCCCCCCCOc2ccc(C(=C)C(=O)OC)cc2)OC(=O)CCCCCCCCCCCOc2ccc(C(=C)C(=O)OC)cc2)cc1. The normalized spacial score (nSPS) is 10.9. The summed E-state index contributed by atoms with van der Waals surface area (Å²) in [5.41, 5.74) is 3.05. The highest BCUT2D eigenvalue weighted by molar-refractivity contribution is 6.16. The van der Waals surface area contributed by atoms with Crippen LogP contribution in [0.15, 0.2) is 92.5 Å².